The molecule has 1 aliphatic rings. The molecule has 1 aliphatic heterocycles. The highest BCUT2D eigenvalue weighted by Gasteiger charge is 2.34. The third-order valence-corrected chi connectivity index (χ3v) is 7.00. The molecular weight excluding hydrogens is 418 g/mol. The first-order valence-corrected chi connectivity index (χ1v) is 11.4. The number of hydrogen-bond acceptors (Lipinski definition) is 5. The maximum Gasteiger partial charge on any atom is 0.414 e. The van der Waals surface area contributed by atoms with Crippen molar-refractivity contribution in [1.29, 1.82) is 0 Å². The molecule has 31 heavy (non-hydrogen) atoms. The monoisotopic (exact) mass is 445 g/mol. The summed E-state index contributed by atoms with van der Waals surface area (Å²) in [6.07, 6.45) is -0.486. The second kappa shape index (κ2) is 8.68. The SMILES string of the molecule is CCOC(=O)N1C[C@H](C)N(C(C)=O)c2ccc(-c3cccc(S(=O)(=O)N(C)C)c3)cc21. The Morgan fingerprint density at radius 3 is 2.39 bits per heavy atom. The minimum atomic E-state index is -3.59. The Morgan fingerprint density at radius 2 is 1.77 bits per heavy atom. The summed E-state index contributed by atoms with van der Waals surface area (Å²) in [5.74, 6) is -0.121. The Kier molecular flexibility index (Phi) is 6.38. The van der Waals surface area contributed by atoms with Gasteiger partial charge in [0.25, 0.3) is 0 Å². The van der Waals surface area contributed by atoms with Gasteiger partial charge in [-0.15, -0.1) is 0 Å². The number of nitrogens with zero attached hydrogens (tertiary/aromatic N) is 3. The lowest BCUT2D eigenvalue weighted by Crippen LogP contribution is -2.51. The van der Waals surface area contributed by atoms with Crippen molar-refractivity contribution in [3.05, 3.63) is 42.5 Å². The van der Waals surface area contributed by atoms with Crippen molar-refractivity contribution >= 4 is 33.4 Å². The van der Waals surface area contributed by atoms with Crippen LogP contribution in [0.1, 0.15) is 20.8 Å². The quantitative estimate of drug-likeness (QED) is 0.721. The number of ether oxygens (including phenoxy) is 1. The molecule has 1 heterocycles. The molecule has 0 fully saturated rings. The van der Waals surface area contributed by atoms with E-state index in [1.165, 1.54) is 25.9 Å². The van der Waals surface area contributed by atoms with Crippen LogP contribution in [0.5, 0.6) is 0 Å². The molecule has 166 valence electrons. The molecule has 1 atom stereocenters. The Balaban J connectivity index is 2.13. The Morgan fingerprint density at radius 1 is 1.10 bits per heavy atom. The van der Waals surface area contributed by atoms with Crippen LogP contribution >= 0.6 is 0 Å². The highest BCUT2D eigenvalue weighted by Crippen LogP contribution is 2.39. The summed E-state index contributed by atoms with van der Waals surface area (Å²) < 4.78 is 31.4. The summed E-state index contributed by atoms with van der Waals surface area (Å²) in [5, 5.41) is 0. The molecule has 9 heteroatoms. The minimum Gasteiger partial charge on any atom is -0.449 e. The number of carbonyl (C=O) groups is 2. The molecule has 0 N–H and O–H groups in total. The van der Waals surface area contributed by atoms with Crippen LogP contribution in [0.15, 0.2) is 47.4 Å². The van der Waals surface area contributed by atoms with Gasteiger partial charge in [-0.25, -0.2) is 17.5 Å². The van der Waals surface area contributed by atoms with Gasteiger partial charge in [-0.2, -0.15) is 0 Å². The lowest BCUT2D eigenvalue weighted by atomic mass is 10.0. The number of fused-ring (bicyclic) bond motifs is 1. The van der Waals surface area contributed by atoms with Crippen LogP contribution < -0.4 is 9.80 Å². The van der Waals surface area contributed by atoms with E-state index in [2.05, 4.69) is 0 Å². The zero-order chi connectivity index (χ0) is 22.9. The summed E-state index contributed by atoms with van der Waals surface area (Å²) in [5.41, 5.74) is 2.56. The molecule has 0 radical (unpaired) electrons. The number of sulfonamides is 1. The number of rotatable bonds is 4. The van der Waals surface area contributed by atoms with Crippen LogP contribution in [-0.4, -0.2) is 58.0 Å². The molecule has 0 spiro atoms. The van der Waals surface area contributed by atoms with E-state index in [0.29, 0.717) is 23.5 Å². The molecule has 0 unspecified atom stereocenters. The van der Waals surface area contributed by atoms with E-state index in [-0.39, 0.29) is 23.5 Å². The summed E-state index contributed by atoms with van der Waals surface area (Å²) in [4.78, 5) is 28.2. The molecule has 3 rings (SSSR count). The minimum absolute atomic E-state index is 0.121. The molecule has 0 aromatic heterocycles. The van der Waals surface area contributed by atoms with Crippen molar-refractivity contribution in [1.82, 2.24) is 4.31 Å². The van der Waals surface area contributed by atoms with Crippen molar-refractivity contribution in [2.45, 2.75) is 31.7 Å². The van der Waals surface area contributed by atoms with E-state index in [0.717, 1.165) is 9.87 Å². The maximum absolute atomic E-state index is 12.6. The second-order valence-corrected chi connectivity index (χ2v) is 9.72. The number of carbonyl (C=O) groups excluding carboxylic acids is 2. The van der Waals surface area contributed by atoms with Gasteiger partial charge in [0.1, 0.15) is 0 Å². The predicted molar refractivity (Wildman–Crippen MR) is 120 cm³/mol. The predicted octanol–water partition coefficient (Wildman–Crippen LogP) is 3.32. The fourth-order valence-corrected chi connectivity index (χ4v) is 4.65. The van der Waals surface area contributed by atoms with E-state index in [1.54, 1.807) is 48.2 Å². The van der Waals surface area contributed by atoms with Crippen LogP contribution in [0, 0.1) is 0 Å². The average molecular weight is 446 g/mol. The van der Waals surface area contributed by atoms with E-state index < -0.39 is 16.1 Å². The van der Waals surface area contributed by atoms with Gasteiger partial charge < -0.3 is 9.64 Å². The molecule has 8 nitrogen and oxygen atoms in total. The summed E-state index contributed by atoms with van der Waals surface area (Å²) in [6.45, 7) is 5.63. The van der Waals surface area contributed by atoms with Crippen LogP contribution in [0.25, 0.3) is 11.1 Å². The van der Waals surface area contributed by atoms with Gasteiger partial charge in [-0.3, -0.25) is 9.69 Å². The zero-order valence-electron chi connectivity index (χ0n) is 18.3. The molecule has 2 amide bonds. The largest absolute Gasteiger partial charge is 0.449 e. The van der Waals surface area contributed by atoms with Crippen LogP contribution in [0.4, 0.5) is 16.2 Å². The zero-order valence-corrected chi connectivity index (χ0v) is 19.1. The third-order valence-electron chi connectivity index (χ3n) is 5.19. The van der Waals surface area contributed by atoms with Crippen molar-refractivity contribution in [2.24, 2.45) is 0 Å². The van der Waals surface area contributed by atoms with E-state index in [9.17, 15) is 18.0 Å². The summed E-state index contributed by atoms with van der Waals surface area (Å²) in [7, 11) is -0.624. The van der Waals surface area contributed by atoms with Gasteiger partial charge >= 0.3 is 6.09 Å². The van der Waals surface area contributed by atoms with Gasteiger partial charge in [-0.1, -0.05) is 18.2 Å². The first kappa shape index (κ1) is 22.8. The van der Waals surface area contributed by atoms with Gasteiger partial charge in [-0.05, 0) is 49.2 Å². The van der Waals surface area contributed by atoms with Gasteiger partial charge in [0.2, 0.25) is 15.9 Å². The van der Waals surface area contributed by atoms with Gasteiger partial charge in [0.05, 0.1) is 28.9 Å². The van der Waals surface area contributed by atoms with Crippen molar-refractivity contribution in [3.8, 4) is 11.1 Å². The molecule has 2 aromatic rings. The summed E-state index contributed by atoms with van der Waals surface area (Å²) in [6, 6.07) is 11.8. The lowest BCUT2D eigenvalue weighted by Gasteiger charge is -2.40. The summed E-state index contributed by atoms with van der Waals surface area (Å²) >= 11 is 0. The molecule has 0 saturated heterocycles. The highest BCUT2D eigenvalue weighted by atomic mass is 32.2. The van der Waals surface area contributed by atoms with Crippen molar-refractivity contribution in [3.63, 3.8) is 0 Å². The number of benzene rings is 2. The van der Waals surface area contributed by atoms with Gasteiger partial charge in [0, 0.05) is 27.6 Å². The maximum atomic E-state index is 12.6. The number of hydrogen-bond donors (Lipinski definition) is 0. The highest BCUT2D eigenvalue weighted by molar-refractivity contribution is 7.89. The third kappa shape index (κ3) is 4.28. The van der Waals surface area contributed by atoms with Crippen LogP contribution in [0.3, 0.4) is 0 Å². The molecular formula is C22H27N3O5S. The first-order valence-electron chi connectivity index (χ1n) is 9.99. The Labute approximate surface area is 183 Å². The van der Waals surface area contributed by atoms with Crippen molar-refractivity contribution < 1.29 is 22.7 Å². The van der Waals surface area contributed by atoms with Gasteiger partial charge in [0.15, 0.2) is 0 Å². The second-order valence-electron chi connectivity index (χ2n) is 7.57. The Hall–Kier alpha value is -2.91. The molecule has 0 saturated carbocycles. The topological polar surface area (TPSA) is 87.2 Å². The molecule has 0 aliphatic carbocycles. The fourth-order valence-electron chi connectivity index (χ4n) is 3.71. The van der Waals surface area contributed by atoms with Crippen molar-refractivity contribution in [2.75, 3.05) is 37.0 Å². The smallest absolute Gasteiger partial charge is 0.414 e. The van der Waals surface area contributed by atoms with E-state index in [4.69, 9.17) is 4.74 Å². The van der Waals surface area contributed by atoms with Crippen LogP contribution in [0.2, 0.25) is 0 Å². The Bertz CT molecular complexity index is 1110. The van der Waals surface area contributed by atoms with Crippen LogP contribution in [-0.2, 0) is 19.6 Å². The molecule has 0 bridgehead atoms. The average Bonchev–Trinajstić information content (AvgIpc) is 2.72. The standard InChI is InChI=1S/C22H27N3O5S/c1-6-30-22(27)24-14-15(2)25(16(3)26)20-11-10-18(13-21(20)24)17-8-7-9-19(12-17)31(28,29)23(4)5/h7-13,15H,6,14H2,1-5H3/t15-/m0/s1. The van der Waals surface area contributed by atoms with E-state index in [1.807, 2.05) is 13.0 Å². The number of amides is 2. The number of anilines is 2. The molecule has 2 aromatic carbocycles. The van der Waals surface area contributed by atoms with E-state index >= 15 is 0 Å². The normalized spacial score (nSPS) is 16.3. The fraction of sp³-hybridized carbons (Fsp3) is 0.364. The first-order chi connectivity index (χ1) is 14.6. The lowest BCUT2D eigenvalue weighted by molar-refractivity contribution is -0.117.